The lowest BCUT2D eigenvalue weighted by atomic mass is 9.47. The number of hydrogen-bond donors (Lipinski definition) is 2. The standard InChI is InChI=1S/C27H36N4O4/c1-16-17(2)31(21-6-4-5-7-21)24(22(16)13-28)29-23(33)14-35-25(34)26-9-19-8-20(10-26)12-27(11-19,15-26)30-18(3)32/h19-21H,4-12,14-15H2,1-3H3,(H,29,33)(H,30,32). The molecular formula is C27H36N4O4. The molecule has 5 saturated carbocycles. The summed E-state index contributed by atoms with van der Waals surface area (Å²) in [6.45, 7) is 5.06. The Balaban J connectivity index is 1.29. The number of hydrogen-bond acceptors (Lipinski definition) is 5. The molecule has 0 spiro atoms. The van der Waals surface area contributed by atoms with Crippen molar-refractivity contribution >= 4 is 23.6 Å². The summed E-state index contributed by atoms with van der Waals surface area (Å²) in [5.74, 6) is 0.531. The minimum absolute atomic E-state index is 0.0565. The van der Waals surface area contributed by atoms with Gasteiger partial charge in [-0.25, -0.2) is 0 Å². The predicted molar refractivity (Wildman–Crippen MR) is 129 cm³/mol. The van der Waals surface area contributed by atoms with Crippen LogP contribution in [-0.4, -0.2) is 34.5 Å². The normalized spacial score (nSPS) is 31.3. The van der Waals surface area contributed by atoms with Crippen LogP contribution < -0.4 is 10.6 Å². The van der Waals surface area contributed by atoms with E-state index in [0.29, 0.717) is 29.6 Å². The second-order valence-corrected chi connectivity index (χ2v) is 11.7. The summed E-state index contributed by atoms with van der Waals surface area (Å²) in [6, 6.07) is 2.52. The first-order valence-corrected chi connectivity index (χ1v) is 13.0. The summed E-state index contributed by atoms with van der Waals surface area (Å²) < 4.78 is 7.73. The van der Waals surface area contributed by atoms with E-state index in [1.54, 1.807) is 0 Å². The Morgan fingerprint density at radius 3 is 2.37 bits per heavy atom. The maximum Gasteiger partial charge on any atom is 0.312 e. The Morgan fingerprint density at radius 1 is 1.11 bits per heavy atom. The van der Waals surface area contributed by atoms with E-state index in [1.165, 1.54) is 6.92 Å². The highest BCUT2D eigenvalue weighted by Crippen LogP contribution is 2.62. The molecule has 2 atom stereocenters. The highest BCUT2D eigenvalue weighted by Gasteiger charge is 2.61. The molecular weight excluding hydrogens is 444 g/mol. The number of rotatable bonds is 6. The molecule has 0 aromatic carbocycles. The number of esters is 1. The van der Waals surface area contributed by atoms with E-state index >= 15 is 0 Å². The fourth-order valence-electron chi connectivity index (χ4n) is 8.18. The SMILES string of the molecule is CC(=O)NC12CC3CC(C1)CC(C(=O)OCC(=O)Nc1c(C#N)c(C)c(C)n1C1CCCC1)(C3)C2. The molecule has 1 aromatic heterocycles. The van der Waals surface area contributed by atoms with Crippen molar-refractivity contribution in [2.45, 2.75) is 96.6 Å². The Bertz CT molecular complexity index is 1090. The summed E-state index contributed by atoms with van der Waals surface area (Å²) >= 11 is 0. The van der Waals surface area contributed by atoms with E-state index in [4.69, 9.17) is 4.74 Å². The molecule has 4 bridgehead atoms. The largest absolute Gasteiger partial charge is 0.455 e. The lowest BCUT2D eigenvalue weighted by Crippen LogP contribution is -2.64. The molecule has 6 rings (SSSR count). The summed E-state index contributed by atoms with van der Waals surface area (Å²) in [4.78, 5) is 38.2. The zero-order valence-electron chi connectivity index (χ0n) is 21.0. The first kappa shape index (κ1) is 23.9. The van der Waals surface area contributed by atoms with Crippen molar-refractivity contribution in [2.24, 2.45) is 17.3 Å². The zero-order valence-corrected chi connectivity index (χ0v) is 21.0. The van der Waals surface area contributed by atoms with Crippen molar-refractivity contribution in [3.63, 3.8) is 0 Å². The van der Waals surface area contributed by atoms with Crippen molar-refractivity contribution < 1.29 is 19.1 Å². The van der Waals surface area contributed by atoms with Crippen LogP contribution in [0.1, 0.15) is 94.0 Å². The van der Waals surface area contributed by atoms with Gasteiger partial charge in [-0.1, -0.05) is 12.8 Å². The lowest BCUT2D eigenvalue weighted by molar-refractivity contribution is -0.176. The number of carbonyl (C=O) groups is 3. The fourth-order valence-corrected chi connectivity index (χ4v) is 8.18. The first-order valence-electron chi connectivity index (χ1n) is 13.0. The molecule has 0 aliphatic heterocycles. The highest BCUT2D eigenvalue weighted by atomic mass is 16.5. The van der Waals surface area contributed by atoms with Crippen LogP contribution in [0.25, 0.3) is 0 Å². The van der Waals surface area contributed by atoms with Crippen molar-refractivity contribution in [3.8, 4) is 6.07 Å². The van der Waals surface area contributed by atoms with E-state index < -0.39 is 11.3 Å². The van der Waals surface area contributed by atoms with Gasteiger partial charge in [0.25, 0.3) is 5.91 Å². The Morgan fingerprint density at radius 2 is 1.77 bits per heavy atom. The molecule has 1 aromatic rings. The maximum absolute atomic E-state index is 13.4. The van der Waals surface area contributed by atoms with Gasteiger partial charge in [0.15, 0.2) is 6.61 Å². The molecule has 0 saturated heterocycles. The minimum Gasteiger partial charge on any atom is -0.455 e. The quantitative estimate of drug-likeness (QED) is 0.597. The van der Waals surface area contributed by atoms with Gasteiger partial charge in [0.05, 0.1) is 11.0 Å². The van der Waals surface area contributed by atoms with Gasteiger partial charge in [-0.15, -0.1) is 0 Å². The number of amides is 2. The molecule has 2 N–H and O–H groups in total. The van der Waals surface area contributed by atoms with Gasteiger partial charge in [-0.3, -0.25) is 14.4 Å². The Hall–Kier alpha value is -2.82. The Kier molecular flexibility index (Phi) is 5.93. The molecule has 5 fully saturated rings. The molecule has 8 heteroatoms. The molecule has 35 heavy (non-hydrogen) atoms. The molecule has 2 unspecified atom stereocenters. The number of anilines is 1. The summed E-state index contributed by atoms with van der Waals surface area (Å²) in [5, 5.41) is 15.8. The molecule has 8 nitrogen and oxygen atoms in total. The van der Waals surface area contributed by atoms with Crippen molar-refractivity contribution in [1.29, 1.82) is 5.26 Å². The smallest absolute Gasteiger partial charge is 0.312 e. The monoisotopic (exact) mass is 480 g/mol. The second-order valence-electron chi connectivity index (χ2n) is 11.7. The van der Waals surface area contributed by atoms with Gasteiger partial charge in [-0.2, -0.15) is 5.26 Å². The summed E-state index contributed by atoms with van der Waals surface area (Å²) in [5.41, 5.74) is 1.41. The van der Waals surface area contributed by atoms with Crippen molar-refractivity contribution in [1.82, 2.24) is 9.88 Å². The zero-order chi connectivity index (χ0) is 25.0. The average molecular weight is 481 g/mol. The predicted octanol–water partition coefficient (Wildman–Crippen LogP) is 4.05. The number of nitriles is 1. The van der Waals surface area contributed by atoms with Crippen molar-refractivity contribution in [2.75, 3.05) is 11.9 Å². The number of carbonyl (C=O) groups excluding carboxylic acids is 3. The van der Waals surface area contributed by atoms with E-state index in [2.05, 4.69) is 21.3 Å². The van der Waals surface area contributed by atoms with E-state index in [-0.39, 0.29) is 30.1 Å². The number of aromatic nitrogens is 1. The topological polar surface area (TPSA) is 113 Å². The third kappa shape index (κ3) is 4.13. The van der Waals surface area contributed by atoms with Gasteiger partial charge in [0.2, 0.25) is 5.91 Å². The van der Waals surface area contributed by atoms with E-state index in [9.17, 15) is 19.6 Å². The minimum atomic E-state index is -0.623. The van der Waals surface area contributed by atoms with Crippen LogP contribution in [0.5, 0.6) is 0 Å². The van der Waals surface area contributed by atoms with Gasteiger partial charge < -0.3 is 19.9 Å². The molecule has 5 aliphatic carbocycles. The lowest BCUT2D eigenvalue weighted by Gasteiger charge is -2.60. The van der Waals surface area contributed by atoms with Gasteiger partial charge in [0.1, 0.15) is 11.9 Å². The van der Waals surface area contributed by atoms with Gasteiger partial charge in [0, 0.05) is 24.2 Å². The molecule has 188 valence electrons. The summed E-state index contributed by atoms with van der Waals surface area (Å²) in [7, 11) is 0. The third-order valence-corrected chi connectivity index (χ3v) is 9.09. The van der Waals surface area contributed by atoms with Crippen LogP contribution in [-0.2, 0) is 19.1 Å². The van der Waals surface area contributed by atoms with Gasteiger partial charge in [-0.05, 0) is 82.6 Å². The van der Waals surface area contributed by atoms with E-state index in [1.807, 2.05) is 13.8 Å². The highest BCUT2D eigenvalue weighted by molar-refractivity contribution is 5.94. The van der Waals surface area contributed by atoms with Crippen LogP contribution in [0.4, 0.5) is 5.82 Å². The number of nitrogens with one attached hydrogen (secondary N) is 2. The van der Waals surface area contributed by atoms with Crippen LogP contribution in [0.15, 0.2) is 0 Å². The van der Waals surface area contributed by atoms with Crippen LogP contribution in [0, 0.1) is 42.4 Å². The number of nitrogens with zero attached hydrogens (tertiary/aromatic N) is 2. The molecule has 5 aliphatic rings. The van der Waals surface area contributed by atoms with E-state index in [0.717, 1.165) is 69.0 Å². The number of ether oxygens (including phenoxy) is 1. The molecule has 0 radical (unpaired) electrons. The maximum atomic E-state index is 13.4. The van der Waals surface area contributed by atoms with Crippen molar-refractivity contribution in [3.05, 3.63) is 16.8 Å². The summed E-state index contributed by atoms with van der Waals surface area (Å²) in [6.07, 6.45) is 9.41. The molecule has 2 amide bonds. The van der Waals surface area contributed by atoms with Crippen LogP contribution >= 0.6 is 0 Å². The van der Waals surface area contributed by atoms with Crippen LogP contribution in [0.2, 0.25) is 0 Å². The first-order chi connectivity index (χ1) is 16.7. The fraction of sp³-hybridized carbons (Fsp3) is 0.704. The second kappa shape index (κ2) is 8.69. The average Bonchev–Trinajstić information content (AvgIpc) is 3.37. The van der Waals surface area contributed by atoms with Gasteiger partial charge >= 0.3 is 5.97 Å². The Labute approximate surface area is 206 Å². The van der Waals surface area contributed by atoms with Crippen LogP contribution in [0.3, 0.4) is 0 Å². The molecule has 1 heterocycles. The third-order valence-electron chi connectivity index (χ3n) is 9.09.